The van der Waals surface area contributed by atoms with Gasteiger partial charge in [-0.1, -0.05) is 42.5 Å². The van der Waals surface area contributed by atoms with Crippen molar-refractivity contribution in [1.82, 2.24) is 14.8 Å². The molecular weight excluding hydrogens is 360 g/mol. The van der Waals surface area contributed by atoms with Crippen LogP contribution in [0, 0.1) is 10.1 Å². The molecule has 1 aromatic heterocycles. The number of fused-ring (bicyclic) bond motifs is 1. The summed E-state index contributed by atoms with van der Waals surface area (Å²) in [6.45, 7) is 0. The fraction of sp³-hybridized carbons (Fsp3) is 0.100. The summed E-state index contributed by atoms with van der Waals surface area (Å²) in [4.78, 5) is 11.2. The first-order chi connectivity index (χ1) is 13.1. The molecule has 134 valence electrons. The van der Waals surface area contributed by atoms with Crippen LogP contribution in [0.5, 0.6) is 0 Å². The predicted molar refractivity (Wildman–Crippen MR) is 105 cm³/mol. The lowest BCUT2D eigenvalue weighted by Crippen LogP contribution is -2.01. The molecule has 0 fully saturated rings. The summed E-state index contributed by atoms with van der Waals surface area (Å²) in [5, 5.41) is 22.6. The Labute approximate surface area is 160 Å². The SMILES string of the molecule is Cn1c(Cc2cccc3ccccc23)nnc1Sc1ccc([N+](=O)[O-])cc1. The molecule has 0 amide bonds. The van der Waals surface area contributed by atoms with E-state index in [0.29, 0.717) is 6.42 Å². The predicted octanol–water partition coefficient (Wildman–Crippen LogP) is 4.62. The Hall–Kier alpha value is -3.19. The lowest BCUT2D eigenvalue weighted by molar-refractivity contribution is -0.384. The van der Waals surface area contributed by atoms with Gasteiger partial charge in [0.2, 0.25) is 0 Å². The third-order valence-corrected chi connectivity index (χ3v) is 5.46. The number of nitro groups is 1. The van der Waals surface area contributed by atoms with Crippen LogP contribution >= 0.6 is 11.8 Å². The average molecular weight is 376 g/mol. The molecule has 7 heteroatoms. The number of nitrogens with zero attached hydrogens (tertiary/aromatic N) is 4. The van der Waals surface area contributed by atoms with Gasteiger partial charge in [-0.25, -0.2) is 0 Å². The number of rotatable bonds is 5. The van der Waals surface area contributed by atoms with E-state index in [4.69, 9.17) is 0 Å². The minimum Gasteiger partial charge on any atom is -0.309 e. The quantitative estimate of drug-likeness (QED) is 0.375. The zero-order valence-corrected chi connectivity index (χ0v) is 15.4. The Kier molecular flexibility index (Phi) is 4.60. The maximum Gasteiger partial charge on any atom is 0.269 e. The molecule has 0 saturated carbocycles. The molecule has 0 saturated heterocycles. The first-order valence-electron chi connectivity index (χ1n) is 8.39. The summed E-state index contributed by atoms with van der Waals surface area (Å²) in [5.74, 6) is 0.871. The first kappa shape index (κ1) is 17.2. The van der Waals surface area contributed by atoms with E-state index >= 15 is 0 Å². The second-order valence-corrected chi connectivity index (χ2v) is 7.17. The van der Waals surface area contributed by atoms with Gasteiger partial charge in [0.05, 0.1) is 4.92 Å². The molecule has 4 aromatic rings. The second kappa shape index (κ2) is 7.20. The van der Waals surface area contributed by atoms with E-state index in [1.165, 1.54) is 40.2 Å². The van der Waals surface area contributed by atoms with Crippen LogP contribution in [0.4, 0.5) is 5.69 Å². The van der Waals surface area contributed by atoms with E-state index in [1.807, 2.05) is 23.7 Å². The minimum atomic E-state index is -0.404. The van der Waals surface area contributed by atoms with Crippen molar-refractivity contribution in [2.45, 2.75) is 16.5 Å². The van der Waals surface area contributed by atoms with Gasteiger partial charge in [-0.15, -0.1) is 10.2 Å². The Morgan fingerprint density at radius 2 is 1.74 bits per heavy atom. The normalized spacial score (nSPS) is 11.0. The van der Waals surface area contributed by atoms with Crippen LogP contribution in [-0.2, 0) is 13.5 Å². The van der Waals surface area contributed by atoms with E-state index in [1.54, 1.807) is 12.1 Å². The zero-order valence-electron chi connectivity index (χ0n) is 14.6. The largest absolute Gasteiger partial charge is 0.309 e. The highest BCUT2D eigenvalue weighted by Gasteiger charge is 2.13. The lowest BCUT2D eigenvalue weighted by Gasteiger charge is -2.07. The first-order valence-corrected chi connectivity index (χ1v) is 9.20. The van der Waals surface area contributed by atoms with E-state index in [2.05, 4.69) is 40.5 Å². The molecule has 0 N–H and O–H groups in total. The molecule has 0 atom stereocenters. The number of aromatic nitrogens is 3. The van der Waals surface area contributed by atoms with Gasteiger partial charge in [-0.2, -0.15) is 0 Å². The van der Waals surface area contributed by atoms with Crippen molar-refractivity contribution in [3.05, 3.63) is 88.2 Å². The van der Waals surface area contributed by atoms with Gasteiger partial charge in [-0.3, -0.25) is 10.1 Å². The number of nitro benzene ring substituents is 1. The van der Waals surface area contributed by atoms with Crippen LogP contribution in [0.15, 0.2) is 76.8 Å². The maximum atomic E-state index is 10.8. The lowest BCUT2D eigenvalue weighted by atomic mass is 10.0. The number of benzene rings is 3. The number of non-ortho nitro benzene ring substituents is 1. The summed E-state index contributed by atoms with van der Waals surface area (Å²) < 4.78 is 1.97. The topological polar surface area (TPSA) is 73.8 Å². The number of hydrogen-bond donors (Lipinski definition) is 0. The van der Waals surface area contributed by atoms with Crippen LogP contribution in [0.2, 0.25) is 0 Å². The van der Waals surface area contributed by atoms with Gasteiger partial charge in [0, 0.05) is 30.5 Å². The van der Waals surface area contributed by atoms with E-state index in [9.17, 15) is 10.1 Å². The molecule has 4 rings (SSSR count). The van der Waals surface area contributed by atoms with Crippen LogP contribution in [0.1, 0.15) is 11.4 Å². The van der Waals surface area contributed by atoms with Crippen molar-refractivity contribution in [1.29, 1.82) is 0 Å². The summed E-state index contributed by atoms with van der Waals surface area (Å²) >= 11 is 1.44. The van der Waals surface area contributed by atoms with E-state index in [0.717, 1.165) is 15.9 Å². The molecule has 0 aliphatic rings. The van der Waals surface area contributed by atoms with Gasteiger partial charge in [0.1, 0.15) is 5.82 Å². The summed E-state index contributed by atoms with van der Waals surface area (Å²) in [7, 11) is 1.94. The molecule has 6 nitrogen and oxygen atoms in total. The summed E-state index contributed by atoms with van der Waals surface area (Å²) in [6, 6.07) is 21.0. The third kappa shape index (κ3) is 3.54. The average Bonchev–Trinajstić information content (AvgIpc) is 3.02. The van der Waals surface area contributed by atoms with Gasteiger partial charge < -0.3 is 4.57 Å². The molecule has 0 unspecified atom stereocenters. The molecule has 3 aromatic carbocycles. The zero-order chi connectivity index (χ0) is 18.8. The molecular formula is C20H16N4O2S. The highest BCUT2D eigenvalue weighted by atomic mass is 32.2. The Morgan fingerprint density at radius 3 is 2.52 bits per heavy atom. The number of hydrogen-bond acceptors (Lipinski definition) is 5. The Balaban J connectivity index is 1.57. The van der Waals surface area contributed by atoms with E-state index < -0.39 is 4.92 Å². The van der Waals surface area contributed by atoms with Crippen LogP contribution in [-0.4, -0.2) is 19.7 Å². The van der Waals surface area contributed by atoms with Gasteiger partial charge in [0.15, 0.2) is 5.16 Å². The molecule has 27 heavy (non-hydrogen) atoms. The van der Waals surface area contributed by atoms with Crippen LogP contribution < -0.4 is 0 Å². The summed E-state index contributed by atoms with van der Waals surface area (Å²) in [6.07, 6.45) is 0.686. The molecule has 0 spiro atoms. The smallest absolute Gasteiger partial charge is 0.269 e. The molecule has 0 aliphatic heterocycles. The Bertz CT molecular complexity index is 1120. The molecule has 0 aliphatic carbocycles. The fourth-order valence-electron chi connectivity index (χ4n) is 2.95. The van der Waals surface area contributed by atoms with E-state index in [-0.39, 0.29) is 5.69 Å². The fourth-order valence-corrected chi connectivity index (χ4v) is 3.75. The van der Waals surface area contributed by atoms with Crippen molar-refractivity contribution < 1.29 is 4.92 Å². The monoisotopic (exact) mass is 376 g/mol. The second-order valence-electron chi connectivity index (χ2n) is 6.13. The van der Waals surface area contributed by atoms with Crippen LogP contribution in [0.25, 0.3) is 10.8 Å². The summed E-state index contributed by atoms with van der Waals surface area (Å²) in [5.41, 5.74) is 1.28. The minimum absolute atomic E-state index is 0.0777. The van der Waals surface area contributed by atoms with Crippen molar-refractivity contribution in [2.24, 2.45) is 7.05 Å². The molecule has 0 radical (unpaired) electrons. The van der Waals surface area contributed by atoms with Gasteiger partial charge in [-0.05, 0) is 40.2 Å². The highest BCUT2D eigenvalue weighted by Crippen LogP contribution is 2.28. The van der Waals surface area contributed by atoms with Crippen molar-refractivity contribution in [2.75, 3.05) is 0 Å². The highest BCUT2D eigenvalue weighted by molar-refractivity contribution is 7.99. The molecule has 1 heterocycles. The van der Waals surface area contributed by atoms with Gasteiger partial charge in [0.25, 0.3) is 5.69 Å². The maximum absolute atomic E-state index is 10.8. The third-order valence-electron chi connectivity index (χ3n) is 4.41. The van der Waals surface area contributed by atoms with Gasteiger partial charge >= 0.3 is 0 Å². The Morgan fingerprint density at radius 1 is 1.00 bits per heavy atom. The van der Waals surface area contributed by atoms with Crippen molar-refractivity contribution in [3.63, 3.8) is 0 Å². The molecule has 0 bridgehead atoms. The van der Waals surface area contributed by atoms with Crippen molar-refractivity contribution in [3.8, 4) is 0 Å². The van der Waals surface area contributed by atoms with Crippen LogP contribution in [0.3, 0.4) is 0 Å². The van der Waals surface area contributed by atoms with Crippen molar-refractivity contribution >= 4 is 28.2 Å². The standard InChI is InChI=1S/C20H16N4O2S/c1-23-19(13-15-7-4-6-14-5-2-3-8-18(14)15)21-22-20(23)27-17-11-9-16(10-12-17)24(25)26/h2-12H,13H2,1H3.